The van der Waals surface area contributed by atoms with Gasteiger partial charge in [0.05, 0.1) is 4.90 Å². The van der Waals surface area contributed by atoms with Crippen LogP contribution < -0.4 is 0 Å². The van der Waals surface area contributed by atoms with Crippen molar-refractivity contribution < 1.29 is 26.4 Å². The third-order valence-corrected chi connectivity index (χ3v) is 6.58. The quantitative estimate of drug-likeness (QED) is 0.759. The fraction of sp³-hybridized carbons (Fsp3) is 0.316. The molecular weight excluding hydrogens is 393 g/mol. The molecule has 3 rings (SSSR count). The normalized spacial score (nSPS) is 15.6. The van der Waals surface area contributed by atoms with Gasteiger partial charge in [0.25, 0.3) is 0 Å². The molecule has 5 nitrogen and oxygen atoms in total. The minimum absolute atomic E-state index is 0.0484. The van der Waals surface area contributed by atoms with Gasteiger partial charge < -0.3 is 4.90 Å². The van der Waals surface area contributed by atoms with Crippen LogP contribution in [0, 0.1) is 17.5 Å². The van der Waals surface area contributed by atoms with E-state index in [1.54, 1.807) is 18.2 Å². The van der Waals surface area contributed by atoms with Gasteiger partial charge >= 0.3 is 0 Å². The van der Waals surface area contributed by atoms with Crippen molar-refractivity contribution in [2.45, 2.75) is 17.7 Å². The van der Waals surface area contributed by atoms with Gasteiger partial charge in [-0.1, -0.05) is 18.2 Å². The molecule has 0 spiro atoms. The minimum atomic E-state index is -3.97. The van der Waals surface area contributed by atoms with E-state index in [0.717, 1.165) is 16.4 Å². The van der Waals surface area contributed by atoms with E-state index < -0.39 is 21.7 Å². The molecule has 1 aliphatic rings. The molecule has 1 saturated heterocycles. The van der Waals surface area contributed by atoms with Gasteiger partial charge in [-0.3, -0.25) is 4.79 Å². The van der Waals surface area contributed by atoms with Crippen LogP contribution in [0.5, 0.6) is 0 Å². The number of aryl methyl sites for hydroxylation is 1. The summed E-state index contributed by atoms with van der Waals surface area (Å²) in [5, 5.41) is 0. The Hall–Kier alpha value is -2.39. The monoisotopic (exact) mass is 412 g/mol. The summed E-state index contributed by atoms with van der Waals surface area (Å²) in [4.78, 5) is 13.5. The number of sulfonamides is 1. The van der Waals surface area contributed by atoms with Gasteiger partial charge in [-0.2, -0.15) is 4.31 Å². The van der Waals surface area contributed by atoms with Crippen LogP contribution >= 0.6 is 0 Å². The van der Waals surface area contributed by atoms with Crippen LogP contribution in [0.1, 0.15) is 12.0 Å². The van der Waals surface area contributed by atoms with Crippen molar-refractivity contribution in [3.8, 4) is 0 Å². The maximum atomic E-state index is 13.6. The van der Waals surface area contributed by atoms with Crippen molar-refractivity contribution >= 4 is 15.9 Å². The standard InChI is InChI=1S/C19H19F3N2O3S/c20-16-4-2-1-3-14(16)5-8-19(25)23-9-11-24(12-10-23)28(26,27)15-6-7-17(21)18(22)13-15/h1-4,6-7,13H,5,8-12H2. The Morgan fingerprint density at radius 2 is 1.57 bits per heavy atom. The molecular formula is C19H19F3N2O3S. The molecule has 28 heavy (non-hydrogen) atoms. The van der Waals surface area contributed by atoms with Gasteiger partial charge in [-0.15, -0.1) is 0 Å². The average Bonchev–Trinajstić information content (AvgIpc) is 2.69. The highest BCUT2D eigenvalue weighted by atomic mass is 32.2. The Morgan fingerprint density at radius 1 is 0.893 bits per heavy atom. The number of halogens is 3. The summed E-state index contributed by atoms with van der Waals surface area (Å²) in [6, 6.07) is 8.66. The zero-order valence-electron chi connectivity index (χ0n) is 14.9. The Labute approximate surface area is 161 Å². The van der Waals surface area contributed by atoms with Gasteiger partial charge in [0, 0.05) is 32.6 Å². The molecule has 150 valence electrons. The lowest BCUT2D eigenvalue weighted by atomic mass is 10.1. The molecule has 1 heterocycles. The summed E-state index contributed by atoms with van der Waals surface area (Å²) in [7, 11) is -3.97. The first-order chi connectivity index (χ1) is 13.3. The lowest BCUT2D eigenvalue weighted by molar-refractivity contribution is -0.132. The van der Waals surface area contributed by atoms with Crippen LogP contribution in [0.2, 0.25) is 0 Å². The lowest BCUT2D eigenvalue weighted by Gasteiger charge is -2.34. The number of rotatable bonds is 5. The zero-order chi connectivity index (χ0) is 20.3. The largest absolute Gasteiger partial charge is 0.340 e. The number of piperazine rings is 1. The van der Waals surface area contributed by atoms with Crippen LogP contribution in [0.15, 0.2) is 47.4 Å². The first kappa shape index (κ1) is 20.3. The fourth-order valence-corrected chi connectivity index (χ4v) is 4.50. The van der Waals surface area contributed by atoms with Crippen molar-refractivity contribution in [1.29, 1.82) is 0 Å². The number of amides is 1. The molecule has 9 heteroatoms. The first-order valence-electron chi connectivity index (χ1n) is 8.75. The van der Waals surface area contributed by atoms with Gasteiger partial charge in [0.2, 0.25) is 15.9 Å². The van der Waals surface area contributed by atoms with Crippen molar-refractivity contribution in [2.24, 2.45) is 0 Å². The second-order valence-electron chi connectivity index (χ2n) is 6.45. The van der Waals surface area contributed by atoms with Gasteiger partial charge in [-0.25, -0.2) is 21.6 Å². The highest BCUT2D eigenvalue weighted by molar-refractivity contribution is 7.89. The van der Waals surface area contributed by atoms with E-state index >= 15 is 0 Å². The van der Waals surface area contributed by atoms with E-state index in [-0.39, 0.29) is 55.6 Å². The highest BCUT2D eigenvalue weighted by Crippen LogP contribution is 2.20. The predicted octanol–water partition coefficient (Wildman–Crippen LogP) is 2.57. The maximum absolute atomic E-state index is 13.6. The van der Waals surface area contributed by atoms with E-state index in [0.29, 0.717) is 11.6 Å². The third-order valence-electron chi connectivity index (χ3n) is 4.69. The second kappa shape index (κ2) is 8.32. The van der Waals surface area contributed by atoms with Crippen molar-refractivity contribution in [1.82, 2.24) is 9.21 Å². The molecule has 0 saturated carbocycles. The number of carbonyl (C=O) groups excluding carboxylic acids is 1. The molecule has 0 atom stereocenters. The van der Waals surface area contributed by atoms with Crippen molar-refractivity contribution in [3.63, 3.8) is 0 Å². The van der Waals surface area contributed by atoms with Crippen molar-refractivity contribution in [2.75, 3.05) is 26.2 Å². The Morgan fingerprint density at radius 3 is 2.21 bits per heavy atom. The Kier molecular flexibility index (Phi) is 6.04. The van der Waals surface area contributed by atoms with Crippen LogP contribution in [-0.4, -0.2) is 49.7 Å². The predicted molar refractivity (Wildman–Crippen MR) is 96.4 cm³/mol. The fourth-order valence-electron chi connectivity index (χ4n) is 3.07. The molecule has 1 aliphatic heterocycles. The van der Waals surface area contributed by atoms with Crippen LogP contribution in [0.4, 0.5) is 13.2 Å². The molecule has 0 aliphatic carbocycles. The molecule has 2 aromatic rings. The number of benzene rings is 2. The summed E-state index contributed by atoms with van der Waals surface area (Å²) < 4.78 is 66.3. The lowest BCUT2D eigenvalue weighted by Crippen LogP contribution is -2.50. The van der Waals surface area contributed by atoms with E-state index in [4.69, 9.17) is 0 Å². The number of carbonyl (C=O) groups is 1. The molecule has 2 aromatic carbocycles. The molecule has 1 fully saturated rings. The van der Waals surface area contributed by atoms with E-state index in [1.165, 1.54) is 11.0 Å². The molecule has 0 unspecified atom stereocenters. The molecule has 0 radical (unpaired) electrons. The zero-order valence-corrected chi connectivity index (χ0v) is 15.8. The van der Waals surface area contributed by atoms with Crippen molar-refractivity contribution in [3.05, 3.63) is 65.5 Å². The van der Waals surface area contributed by atoms with Gasteiger partial charge in [-0.05, 0) is 36.2 Å². The summed E-state index contributed by atoms with van der Waals surface area (Å²) in [6.45, 7) is 0.456. The molecule has 0 N–H and O–H groups in total. The Balaban J connectivity index is 1.58. The Bertz CT molecular complexity index is 974. The van der Waals surface area contributed by atoms with E-state index in [1.807, 2.05) is 0 Å². The minimum Gasteiger partial charge on any atom is -0.340 e. The van der Waals surface area contributed by atoms with Gasteiger partial charge in [0.15, 0.2) is 11.6 Å². The second-order valence-corrected chi connectivity index (χ2v) is 8.39. The summed E-state index contributed by atoms with van der Waals surface area (Å²) in [5.74, 6) is -2.90. The summed E-state index contributed by atoms with van der Waals surface area (Å²) in [5.41, 5.74) is 0.454. The van der Waals surface area contributed by atoms with Crippen LogP contribution in [-0.2, 0) is 21.2 Å². The first-order valence-corrected chi connectivity index (χ1v) is 10.2. The maximum Gasteiger partial charge on any atom is 0.243 e. The SMILES string of the molecule is O=C(CCc1ccccc1F)N1CCN(S(=O)(=O)c2ccc(F)c(F)c2)CC1. The average molecular weight is 412 g/mol. The molecule has 0 aromatic heterocycles. The summed E-state index contributed by atoms with van der Waals surface area (Å²) in [6.07, 6.45) is 0.385. The molecule has 1 amide bonds. The highest BCUT2D eigenvalue weighted by Gasteiger charge is 2.30. The van der Waals surface area contributed by atoms with Crippen LogP contribution in [0.3, 0.4) is 0 Å². The number of hydrogen-bond donors (Lipinski definition) is 0. The summed E-state index contributed by atoms with van der Waals surface area (Å²) >= 11 is 0. The third kappa shape index (κ3) is 4.36. The van der Waals surface area contributed by atoms with E-state index in [2.05, 4.69) is 0 Å². The molecule has 0 bridgehead atoms. The number of hydrogen-bond acceptors (Lipinski definition) is 3. The topological polar surface area (TPSA) is 57.7 Å². The van der Waals surface area contributed by atoms with Gasteiger partial charge in [0.1, 0.15) is 5.82 Å². The van der Waals surface area contributed by atoms with Crippen LogP contribution in [0.25, 0.3) is 0 Å². The van der Waals surface area contributed by atoms with E-state index in [9.17, 15) is 26.4 Å². The smallest absolute Gasteiger partial charge is 0.243 e. The number of nitrogens with zero attached hydrogens (tertiary/aromatic N) is 2.